The molecule has 0 radical (unpaired) electrons. The predicted octanol–water partition coefficient (Wildman–Crippen LogP) is 6.37. The molecule has 20 heteroatoms. The molecule has 4 fully saturated rings. The van der Waals surface area contributed by atoms with Gasteiger partial charge in [0, 0.05) is 87.6 Å². The lowest BCUT2D eigenvalue weighted by atomic mass is 10.1. The molecule has 4 aliphatic rings. The number of piperidine rings is 1. The fourth-order valence-electron chi connectivity index (χ4n) is 7.27. The number of hydrogen-bond donors (Lipinski definition) is 0. The van der Waals surface area contributed by atoms with E-state index < -0.39 is 20.0 Å². The molecule has 14 nitrogen and oxygen atoms in total. The Kier molecular flexibility index (Phi) is 16.9. The molecule has 4 aromatic rings. The second kappa shape index (κ2) is 20.8. The number of aromatic nitrogens is 2. The van der Waals surface area contributed by atoms with E-state index >= 15 is 0 Å². The fraction of sp³-hybridized carbons (Fsp3) is 0.605. The highest BCUT2D eigenvalue weighted by atomic mass is 79.9. The average molecular weight is 1010 g/mol. The van der Waals surface area contributed by atoms with E-state index in [-0.39, 0.29) is 7.43 Å². The number of halogens is 2. The number of aryl methyl sites for hydroxylation is 2. The number of thiophene rings is 2. The molecule has 0 spiro atoms. The molecule has 0 aliphatic carbocycles. The molecule has 0 unspecified atom stereocenters. The first-order chi connectivity index (χ1) is 27.1. The van der Waals surface area contributed by atoms with Crippen LogP contribution in [0.1, 0.15) is 52.4 Å². The van der Waals surface area contributed by atoms with Crippen molar-refractivity contribution in [2.45, 2.75) is 47.1 Å². The van der Waals surface area contributed by atoms with Crippen molar-refractivity contribution in [3.05, 3.63) is 42.2 Å². The van der Waals surface area contributed by atoms with Crippen LogP contribution < -0.4 is 9.80 Å². The highest BCUT2D eigenvalue weighted by Gasteiger charge is 2.26. The van der Waals surface area contributed by atoms with Gasteiger partial charge < -0.3 is 19.3 Å². The number of sulfonamides is 2. The molecule has 0 N–H and O–H groups in total. The number of anilines is 2. The molecular weight excluding hydrogens is 955 g/mol. The van der Waals surface area contributed by atoms with Crippen LogP contribution >= 0.6 is 54.5 Å². The first-order valence-corrected chi connectivity index (χ1v) is 26.0. The topological polar surface area (TPSA) is 146 Å². The zero-order valence-corrected chi connectivity index (χ0v) is 39.3. The maximum Gasteiger partial charge on any atom is 0.211 e. The summed E-state index contributed by atoms with van der Waals surface area (Å²) in [6.07, 6.45) is 6.71. The van der Waals surface area contributed by atoms with Crippen LogP contribution in [0.4, 0.5) is 11.6 Å². The molecule has 0 aromatic carbocycles. The smallest absolute Gasteiger partial charge is 0.211 e. The standard InChI is InChI=1S/C18H25BrN4O3S2.C13H13BrN2O2S.C6H13NO2S.CH4/c1-13-14-11-16(19)20-18(22-7-9-26-10-8-22)17(14)27-15(13)12-21-3-5-23(6-4-21)28(2,24)25;1-8-9-6-11(14)15-13(12(9)19-10(8)7-17)16-2-4-18-5-3-16;1-10(8,9)7-5-3-2-4-6-7;/h11H,3-10,12H2,1-2H3;6-7H,2-5H2,1H3;2-6H2,1H3;1H4. The Morgan fingerprint density at radius 1 is 0.672 bits per heavy atom. The number of fused-ring (bicyclic) bond motifs is 2. The van der Waals surface area contributed by atoms with Gasteiger partial charge in [-0.3, -0.25) is 9.69 Å². The first kappa shape index (κ1) is 47.2. The lowest BCUT2D eigenvalue weighted by Crippen LogP contribution is -2.47. The number of pyridine rings is 2. The lowest BCUT2D eigenvalue weighted by Gasteiger charge is -2.33. The highest BCUT2D eigenvalue weighted by Crippen LogP contribution is 2.40. The highest BCUT2D eigenvalue weighted by molar-refractivity contribution is 9.10. The number of piperazine rings is 1. The van der Waals surface area contributed by atoms with Crippen molar-refractivity contribution in [3.8, 4) is 0 Å². The molecule has 4 saturated heterocycles. The molecule has 8 rings (SSSR count). The average Bonchev–Trinajstić information content (AvgIpc) is 3.69. The summed E-state index contributed by atoms with van der Waals surface area (Å²) < 4.78 is 63.3. The zero-order valence-electron chi connectivity index (χ0n) is 32.8. The number of carbonyl (C=O) groups is 1. The van der Waals surface area contributed by atoms with Gasteiger partial charge in [-0.15, -0.1) is 22.7 Å². The monoisotopic (exact) mass is 1010 g/mol. The van der Waals surface area contributed by atoms with Crippen molar-refractivity contribution in [1.82, 2.24) is 23.5 Å². The second-order valence-corrected chi connectivity index (χ2v) is 22.3. The van der Waals surface area contributed by atoms with Gasteiger partial charge in [-0.1, -0.05) is 13.8 Å². The summed E-state index contributed by atoms with van der Waals surface area (Å²) in [5, 5.41) is 2.36. The Bertz CT molecular complexity index is 2250. The Balaban J connectivity index is 0.000000184. The van der Waals surface area contributed by atoms with Crippen molar-refractivity contribution in [1.29, 1.82) is 0 Å². The van der Waals surface area contributed by atoms with Crippen molar-refractivity contribution in [2.24, 2.45) is 0 Å². The van der Waals surface area contributed by atoms with Gasteiger partial charge in [0.15, 0.2) is 6.29 Å². The second-order valence-electron chi connectivity index (χ2n) is 14.5. The summed E-state index contributed by atoms with van der Waals surface area (Å²) >= 11 is 10.4. The molecule has 0 saturated carbocycles. The van der Waals surface area contributed by atoms with Crippen LogP contribution in [0.25, 0.3) is 20.2 Å². The normalized spacial score (nSPS) is 18.9. The largest absolute Gasteiger partial charge is 0.378 e. The zero-order chi connectivity index (χ0) is 40.9. The number of hydrogen-bond acceptors (Lipinski definition) is 14. The third-order valence-electron chi connectivity index (χ3n) is 10.6. The summed E-state index contributed by atoms with van der Waals surface area (Å²) in [6.45, 7) is 15.4. The van der Waals surface area contributed by atoms with Gasteiger partial charge in [-0.25, -0.2) is 31.1 Å². The summed E-state index contributed by atoms with van der Waals surface area (Å²) in [4.78, 5) is 29.5. The Labute approximate surface area is 368 Å². The van der Waals surface area contributed by atoms with Crippen molar-refractivity contribution >= 4 is 113 Å². The fourth-order valence-corrected chi connectivity index (χ4v) is 12.3. The summed E-state index contributed by atoms with van der Waals surface area (Å²) in [7, 11) is -5.99. The van der Waals surface area contributed by atoms with Gasteiger partial charge in [0.2, 0.25) is 20.0 Å². The van der Waals surface area contributed by atoms with E-state index in [4.69, 9.17) is 14.5 Å². The quantitative estimate of drug-likeness (QED) is 0.150. The van der Waals surface area contributed by atoms with E-state index in [2.05, 4.69) is 64.5 Å². The molecule has 4 aliphatic heterocycles. The Hall–Kier alpha value is -1.85. The Morgan fingerprint density at radius 3 is 1.57 bits per heavy atom. The minimum absolute atomic E-state index is 0. The number of aldehydes is 1. The first-order valence-electron chi connectivity index (χ1n) is 19.1. The molecule has 8 heterocycles. The molecule has 322 valence electrons. The third-order valence-corrected chi connectivity index (χ3v) is 16.5. The maximum atomic E-state index is 11.7. The molecule has 0 bridgehead atoms. The van der Waals surface area contributed by atoms with Crippen molar-refractivity contribution < 1.29 is 31.1 Å². The summed E-state index contributed by atoms with van der Waals surface area (Å²) in [5.41, 5.74) is 2.33. The molecule has 58 heavy (non-hydrogen) atoms. The number of nitrogens with zero attached hydrogens (tertiary/aromatic N) is 7. The van der Waals surface area contributed by atoms with Gasteiger partial charge in [0.1, 0.15) is 20.8 Å². The lowest BCUT2D eigenvalue weighted by molar-refractivity contribution is 0.112. The van der Waals surface area contributed by atoms with Crippen molar-refractivity contribution in [3.63, 3.8) is 0 Å². The van der Waals surface area contributed by atoms with Gasteiger partial charge >= 0.3 is 0 Å². The maximum absolute atomic E-state index is 11.7. The number of rotatable bonds is 7. The van der Waals surface area contributed by atoms with Crippen LogP contribution in [0.5, 0.6) is 0 Å². The van der Waals surface area contributed by atoms with Gasteiger partial charge in [-0.05, 0) is 81.8 Å². The number of carbonyl (C=O) groups excluding carboxylic acids is 1. The van der Waals surface area contributed by atoms with E-state index in [1.807, 2.05) is 24.3 Å². The van der Waals surface area contributed by atoms with Crippen LogP contribution in [0.2, 0.25) is 0 Å². The molecule has 0 atom stereocenters. The van der Waals surface area contributed by atoms with Crippen molar-refractivity contribution in [2.75, 3.05) is 114 Å². The van der Waals surface area contributed by atoms with E-state index in [1.54, 1.807) is 8.61 Å². The van der Waals surface area contributed by atoms with Crippen LogP contribution in [-0.4, -0.2) is 151 Å². The van der Waals surface area contributed by atoms with Gasteiger partial charge in [0.25, 0.3) is 0 Å². The van der Waals surface area contributed by atoms with Crippen LogP contribution in [-0.2, 0) is 36.1 Å². The molecular formula is C38H55Br2N7O7S4. The summed E-state index contributed by atoms with van der Waals surface area (Å²) in [5.74, 6) is 1.99. The van der Waals surface area contributed by atoms with E-state index in [1.165, 1.54) is 50.8 Å². The predicted molar refractivity (Wildman–Crippen MR) is 244 cm³/mol. The Morgan fingerprint density at radius 2 is 1.12 bits per heavy atom. The van der Waals surface area contributed by atoms with Gasteiger partial charge in [0.05, 0.1) is 53.2 Å². The molecule has 4 aromatic heterocycles. The van der Waals surface area contributed by atoms with Crippen LogP contribution in [0.15, 0.2) is 21.3 Å². The van der Waals surface area contributed by atoms with E-state index in [9.17, 15) is 21.6 Å². The third kappa shape index (κ3) is 11.7. The van der Waals surface area contributed by atoms with E-state index in [0.717, 1.165) is 146 Å². The number of ether oxygens (including phenoxy) is 2. The van der Waals surface area contributed by atoms with Crippen LogP contribution in [0.3, 0.4) is 0 Å². The molecule has 0 amide bonds. The summed E-state index contributed by atoms with van der Waals surface area (Å²) in [6, 6.07) is 4.09. The van der Waals surface area contributed by atoms with Gasteiger partial charge in [-0.2, -0.15) is 4.31 Å². The minimum atomic E-state index is -3.09. The van der Waals surface area contributed by atoms with E-state index in [0.29, 0.717) is 13.1 Å². The van der Waals surface area contributed by atoms with Crippen LogP contribution in [0, 0.1) is 13.8 Å². The minimum Gasteiger partial charge on any atom is -0.378 e. The number of morpholine rings is 2. The SMILES string of the molecule is C.CS(=O)(=O)N1CCCCC1.Cc1c(C=O)sc2c(N3CCOCC3)nc(Br)cc12.Cc1c(CN2CCN(S(C)(=O)=O)CC2)sc2c(N3CCOCC3)nc(Br)cc12.